The number of rotatable bonds is 4. The van der Waals surface area contributed by atoms with E-state index < -0.39 is 12.0 Å². The van der Waals surface area contributed by atoms with Gasteiger partial charge in [0.15, 0.2) is 0 Å². The van der Waals surface area contributed by atoms with Gasteiger partial charge in [0.1, 0.15) is 9.88 Å². The minimum absolute atomic E-state index is 0.141. The van der Waals surface area contributed by atoms with E-state index in [9.17, 15) is 14.7 Å². The lowest BCUT2D eigenvalue weighted by Gasteiger charge is -2.16. The number of hydrogen-bond donors (Lipinski definition) is 4. The number of aliphatic hydroxyl groups is 1. The van der Waals surface area contributed by atoms with Crippen LogP contribution in [-0.2, 0) is 0 Å². The van der Waals surface area contributed by atoms with Gasteiger partial charge in [-0.3, -0.25) is 9.59 Å². The van der Waals surface area contributed by atoms with Crippen LogP contribution < -0.4 is 21.7 Å². The molecular weight excluding hydrogens is 292 g/mol. The van der Waals surface area contributed by atoms with Crippen LogP contribution in [0, 0.1) is 0 Å². The van der Waals surface area contributed by atoms with E-state index in [2.05, 4.69) is 5.32 Å². The smallest absolute Gasteiger partial charge is 0.263 e. The highest BCUT2D eigenvalue weighted by atomic mass is 32.1. The van der Waals surface area contributed by atoms with E-state index in [0.29, 0.717) is 29.4 Å². The maximum Gasteiger partial charge on any atom is 0.263 e. The van der Waals surface area contributed by atoms with Crippen molar-refractivity contribution in [1.82, 2.24) is 5.32 Å². The van der Waals surface area contributed by atoms with Crippen molar-refractivity contribution in [3.8, 4) is 0 Å². The molecule has 0 aromatic carbocycles. The Kier molecular flexibility index (Phi) is 3.50. The average Bonchev–Trinajstić information content (AvgIpc) is 2.99. The second-order valence-electron chi connectivity index (χ2n) is 5.53. The molecule has 1 saturated heterocycles. The van der Waals surface area contributed by atoms with Crippen LogP contribution in [0.1, 0.15) is 39.3 Å². The normalized spacial score (nSPS) is 21.6. The predicted octanol–water partition coefficient (Wildman–Crippen LogP) is -0.108. The van der Waals surface area contributed by atoms with E-state index in [1.54, 1.807) is 0 Å². The molecule has 1 unspecified atom stereocenters. The van der Waals surface area contributed by atoms with Crippen LogP contribution in [0.4, 0.5) is 10.7 Å². The maximum atomic E-state index is 12.2. The predicted molar refractivity (Wildman–Crippen MR) is 80.6 cm³/mol. The topological polar surface area (TPSA) is 122 Å². The fraction of sp³-hybridized carbons (Fsp3) is 0.538. The summed E-state index contributed by atoms with van der Waals surface area (Å²) in [7, 11) is 0. The Morgan fingerprint density at radius 1 is 1.33 bits per heavy atom. The van der Waals surface area contributed by atoms with E-state index in [1.807, 2.05) is 4.90 Å². The van der Waals surface area contributed by atoms with E-state index in [4.69, 9.17) is 11.5 Å². The molecule has 1 atom stereocenters. The highest BCUT2D eigenvalue weighted by Gasteiger charge is 2.32. The van der Waals surface area contributed by atoms with Crippen LogP contribution in [0.3, 0.4) is 0 Å². The summed E-state index contributed by atoms with van der Waals surface area (Å²) in [5.41, 5.74) is 11.7. The molecule has 2 heterocycles. The third-order valence-corrected chi connectivity index (χ3v) is 5.01. The van der Waals surface area contributed by atoms with Gasteiger partial charge in [0.2, 0.25) is 0 Å². The monoisotopic (exact) mass is 310 g/mol. The number of nitrogens with one attached hydrogen (secondary N) is 1. The molecular formula is C13H18N4O3S. The number of hydrogen-bond acceptors (Lipinski definition) is 6. The van der Waals surface area contributed by atoms with E-state index in [-0.39, 0.29) is 23.2 Å². The molecule has 0 spiro atoms. The fourth-order valence-corrected chi connectivity index (χ4v) is 3.63. The minimum Gasteiger partial charge on any atom is -0.397 e. The SMILES string of the molecule is NC(=O)c1c(N2CCC(O)C2)sc(C(=O)NC2CC2)c1N. The molecule has 6 N–H and O–H groups in total. The molecule has 2 amide bonds. The molecule has 1 aromatic heterocycles. The molecule has 7 nitrogen and oxygen atoms in total. The lowest BCUT2D eigenvalue weighted by molar-refractivity contribution is 0.0955. The van der Waals surface area contributed by atoms with Gasteiger partial charge in [0.05, 0.1) is 17.4 Å². The summed E-state index contributed by atoms with van der Waals surface area (Å²) < 4.78 is 0. The summed E-state index contributed by atoms with van der Waals surface area (Å²) in [4.78, 5) is 26.0. The van der Waals surface area contributed by atoms with Crippen molar-refractivity contribution >= 4 is 33.8 Å². The summed E-state index contributed by atoms with van der Waals surface area (Å²) in [6.07, 6.45) is 2.15. The number of carbonyl (C=O) groups is 2. The quantitative estimate of drug-likeness (QED) is 0.618. The lowest BCUT2D eigenvalue weighted by atomic mass is 10.2. The van der Waals surface area contributed by atoms with E-state index >= 15 is 0 Å². The molecule has 8 heteroatoms. The van der Waals surface area contributed by atoms with Crippen molar-refractivity contribution in [1.29, 1.82) is 0 Å². The largest absolute Gasteiger partial charge is 0.397 e. The zero-order valence-corrected chi connectivity index (χ0v) is 12.3. The van der Waals surface area contributed by atoms with Gasteiger partial charge in [-0.25, -0.2) is 0 Å². The second kappa shape index (κ2) is 5.19. The Morgan fingerprint density at radius 2 is 2.05 bits per heavy atom. The zero-order valence-electron chi connectivity index (χ0n) is 11.5. The highest BCUT2D eigenvalue weighted by molar-refractivity contribution is 7.19. The van der Waals surface area contributed by atoms with Crippen molar-refractivity contribution in [3.05, 3.63) is 10.4 Å². The first-order chi connectivity index (χ1) is 9.97. The third kappa shape index (κ3) is 2.68. The summed E-state index contributed by atoms with van der Waals surface area (Å²) in [6, 6.07) is 0.216. The lowest BCUT2D eigenvalue weighted by Crippen LogP contribution is -2.25. The molecule has 1 saturated carbocycles. The second-order valence-corrected chi connectivity index (χ2v) is 6.52. The number of nitrogens with zero attached hydrogens (tertiary/aromatic N) is 1. The molecule has 1 aliphatic carbocycles. The van der Waals surface area contributed by atoms with Gasteiger partial charge in [-0.05, 0) is 19.3 Å². The van der Waals surface area contributed by atoms with Gasteiger partial charge in [-0.15, -0.1) is 11.3 Å². The molecule has 1 aromatic rings. The van der Waals surface area contributed by atoms with Gasteiger partial charge < -0.3 is 26.8 Å². The van der Waals surface area contributed by atoms with Crippen molar-refractivity contribution in [2.75, 3.05) is 23.7 Å². The molecule has 21 heavy (non-hydrogen) atoms. The Bertz CT molecular complexity index is 596. The summed E-state index contributed by atoms with van der Waals surface area (Å²) in [6.45, 7) is 1.04. The van der Waals surface area contributed by atoms with Crippen LogP contribution >= 0.6 is 11.3 Å². The number of nitrogen functional groups attached to an aromatic ring is 1. The Balaban J connectivity index is 1.94. The summed E-state index contributed by atoms with van der Waals surface area (Å²) >= 11 is 1.17. The minimum atomic E-state index is -0.648. The van der Waals surface area contributed by atoms with E-state index in [0.717, 1.165) is 12.8 Å². The number of thiophene rings is 1. The number of primary amides is 1. The first kappa shape index (κ1) is 14.2. The van der Waals surface area contributed by atoms with Gasteiger partial charge in [0, 0.05) is 19.1 Å². The van der Waals surface area contributed by atoms with Crippen LogP contribution in [0.15, 0.2) is 0 Å². The van der Waals surface area contributed by atoms with Gasteiger partial charge in [0.25, 0.3) is 11.8 Å². The number of amides is 2. The number of nitrogens with two attached hydrogens (primary N) is 2. The molecule has 114 valence electrons. The summed E-state index contributed by atoms with van der Waals surface area (Å²) in [5, 5.41) is 13.1. The van der Waals surface area contributed by atoms with Crippen molar-refractivity contribution in [2.24, 2.45) is 5.73 Å². The van der Waals surface area contributed by atoms with Gasteiger partial charge in [-0.2, -0.15) is 0 Å². The third-order valence-electron chi connectivity index (χ3n) is 3.74. The molecule has 2 aliphatic rings. The van der Waals surface area contributed by atoms with Crippen molar-refractivity contribution in [3.63, 3.8) is 0 Å². The molecule has 0 bridgehead atoms. The van der Waals surface area contributed by atoms with Crippen LogP contribution in [-0.4, -0.2) is 42.2 Å². The first-order valence-electron chi connectivity index (χ1n) is 6.93. The Morgan fingerprint density at radius 3 is 2.57 bits per heavy atom. The number of aliphatic hydroxyl groups excluding tert-OH is 1. The molecule has 2 fully saturated rings. The number of β-amino-alcohol motifs (C(OH)–C–C–N with tert-alkyl or cyclic N) is 1. The maximum absolute atomic E-state index is 12.2. The van der Waals surface area contributed by atoms with Crippen molar-refractivity contribution in [2.45, 2.75) is 31.4 Å². The number of carbonyl (C=O) groups excluding carboxylic acids is 2. The molecule has 0 radical (unpaired) electrons. The average molecular weight is 310 g/mol. The standard InChI is InChI=1S/C13H18N4O3S/c14-9-8(11(15)19)13(17-4-3-7(18)5-17)21-10(9)12(20)16-6-1-2-6/h6-7,18H,1-5,14H2,(H2,15,19)(H,16,20). The Hall–Kier alpha value is -1.80. The highest BCUT2D eigenvalue weighted by Crippen LogP contribution is 2.39. The van der Waals surface area contributed by atoms with Crippen molar-refractivity contribution < 1.29 is 14.7 Å². The van der Waals surface area contributed by atoms with Crippen LogP contribution in [0.25, 0.3) is 0 Å². The Labute approximate surface area is 125 Å². The van der Waals surface area contributed by atoms with Crippen LogP contribution in [0.5, 0.6) is 0 Å². The fourth-order valence-electron chi connectivity index (χ4n) is 2.47. The molecule has 1 aliphatic heterocycles. The summed E-state index contributed by atoms with van der Waals surface area (Å²) in [5.74, 6) is -0.904. The number of anilines is 2. The first-order valence-corrected chi connectivity index (χ1v) is 7.75. The van der Waals surface area contributed by atoms with Crippen LogP contribution in [0.2, 0.25) is 0 Å². The van der Waals surface area contributed by atoms with Gasteiger partial charge in [-0.1, -0.05) is 0 Å². The van der Waals surface area contributed by atoms with E-state index in [1.165, 1.54) is 11.3 Å². The molecule has 3 rings (SSSR count). The van der Waals surface area contributed by atoms with Gasteiger partial charge >= 0.3 is 0 Å². The zero-order chi connectivity index (χ0) is 15.1.